The maximum absolute atomic E-state index is 12.7. The highest BCUT2D eigenvalue weighted by Gasteiger charge is 2.25. The summed E-state index contributed by atoms with van der Waals surface area (Å²) in [6, 6.07) is 18.5. The first-order valence-corrected chi connectivity index (χ1v) is 10.8. The lowest BCUT2D eigenvalue weighted by Gasteiger charge is -2.08. The van der Waals surface area contributed by atoms with Crippen LogP contribution in [0.3, 0.4) is 0 Å². The number of hydrogen-bond donors (Lipinski definition) is 3. The Hall–Kier alpha value is -4.52. The zero-order chi connectivity index (χ0) is 23.7. The molecule has 7 heteroatoms. The number of amides is 2. The lowest BCUT2D eigenvalue weighted by atomic mass is 10.0. The van der Waals surface area contributed by atoms with Gasteiger partial charge in [0.2, 0.25) is 5.91 Å². The molecule has 0 saturated heterocycles. The Kier molecular flexibility index (Phi) is 5.51. The van der Waals surface area contributed by atoms with Gasteiger partial charge in [-0.25, -0.2) is 0 Å². The van der Waals surface area contributed by atoms with Crippen molar-refractivity contribution in [1.82, 2.24) is 4.98 Å². The molecule has 3 N–H and O–H groups in total. The van der Waals surface area contributed by atoms with E-state index in [0.29, 0.717) is 16.9 Å². The molecule has 4 aromatic rings. The van der Waals surface area contributed by atoms with Gasteiger partial charge >= 0.3 is 0 Å². The van der Waals surface area contributed by atoms with Gasteiger partial charge in [-0.3, -0.25) is 9.59 Å². The summed E-state index contributed by atoms with van der Waals surface area (Å²) in [6.07, 6.45) is 3.95. The minimum absolute atomic E-state index is 0.142. The first-order chi connectivity index (χ1) is 16.5. The molecule has 1 aromatic heterocycles. The van der Waals surface area contributed by atoms with Crippen LogP contribution in [0.1, 0.15) is 16.7 Å². The van der Waals surface area contributed by atoms with E-state index < -0.39 is 0 Å². The monoisotopic (exact) mass is 453 g/mol. The molecule has 2 amide bonds. The molecule has 0 unspecified atom stereocenters. The largest absolute Gasteiger partial charge is 0.497 e. The van der Waals surface area contributed by atoms with Crippen LogP contribution in [0.15, 0.2) is 66.9 Å². The Morgan fingerprint density at radius 1 is 0.971 bits per heavy atom. The van der Waals surface area contributed by atoms with Crippen LogP contribution in [-0.2, 0) is 16.0 Å². The van der Waals surface area contributed by atoms with E-state index in [9.17, 15) is 9.59 Å². The molecular formula is C27H23N3O4. The molecule has 2 heterocycles. The highest BCUT2D eigenvalue weighted by Crippen LogP contribution is 2.36. The summed E-state index contributed by atoms with van der Waals surface area (Å²) in [7, 11) is 3.23. The molecule has 1 aliphatic rings. The molecule has 170 valence electrons. The van der Waals surface area contributed by atoms with Gasteiger partial charge in [0.05, 0.1) is 20.6 Å². The lowest BCUT2D eigenvalue weighted by molar-refractivity contribution is -0.115. The number of hydrogen-bond acceptors (Lipinski definition) is 4. The van der Waals surface area contributed by atoms with Gasteiger partial charge in [-0.1, -0.05) is 12.1 Å². The third-order valence-electron chi connectivity index (χ3n) is 5.83. The van der Waals surface area contributed by atoms with E-state index in [1.165, 1.54) is 0 Å². The molecule has 0 radical (unpaired) electrons. The molecule has 5 rings (SSSR count). The van der Waals surface area contributed by atoms with Gasteiger partial charge in [-0.2, -0.15) is 0 Å². The Bertz CT molecular complexity index is 1430. The van der Waals surface area contributed by atoms with Gasteiger partial charge in [-0.15, -0.1) is 0 Å². The van der Waals surface area contributed by atoms with Crippen molar-refractivity contribution in [3.8, 4) is 11.5 Å². The van der Waals surface area contributed by atoms with Crippen LogP contribution >= 0.6 is 0 Å². The third-order valence-corrected chi connectivity index (χ3v) is 5.83. The number of rotatable bonds is 6. The molecule has 0 saturated carbocycles. The zero-order valence-corrected chi connectivity index (χ0v) is 18.8. The molecule has 1 aliphatic heterocycles. The highest BCUT2D eigenvalue weighted by atomic mass is 16.5. The van der Waals surface area contributed by atoms with Crippen molar-refractivity contribution in [1.29, 1.82) is 0 Å². The SMILES string of the molecule is COc1ccc(CC(=O)Nc2ccc3c(c2)/C(=C/c2c[nH]c4ccc(OC)cc24)C(=O)N3)cc1. The molecule has 3 aromatic carbocycles. The number of benzene rings is 3. The maximum Gasteiger partial charge on any atom is 0.256 e. The second-order valence-electron chi connectivity index (χ2n) is 8.00. The average Bonchev–Trinajstić information content (AvgIpc) is 3.39. The summed E-state index contributed by atoms with van der Waals surface area (Å²) in [5.41, 5.74) is 5.31. The van der Waals surface area contributed by atoms with Gasteiger partial charge in [0, 0.05) is 45.2 Å². The van der Waals surface area contributed by atoms with Crippen LogP contribution in [0, 0.1) is 0 Å². The number of carbonyl (C=O) groups excluding carboxylic acids is 2. The first-order valence-electron chi connectivity index (χ1n) is 10.8. The molecule has 0 atom stereocenters. The molecule has 0 aliphatic carbocycles. The normalized spacial score (nSPS) is 13.6. The van der Waals surface area contributed by atoms with Crippen molar-refractivity contribution < 1.29 is 19.1 Å². The molecule has 34 heavy (non-hydrogen) atoms. The Morgan fingerprint density at radius 3 is 2.50 bits per heavy atom. The van der Waals surface area contributed by atoms with Crippen molar-refractivity contribution in [2.75, 3.05) is 24.9 Å². The van der Waals surface area contributed by atoms with E-state index in [-0.39, 0.29) is 18.2 Å². The van der Waals surface area contributed by atoms with Crippen LogP contribution in [0.25, 0.3) is 22.6 Å². The number of H-pyrrole nitrogens is 1. The van der Waals surface area contributed by atoms with E-state index in [4.69, 9.17) is 9.47 Å². The Balaban J connectivity index is 1.40. The molecule has 0 spiro atoms. The Morgan fingerprint density at radius 2 is 1.74 bits per heavy atom. The van der Waals surface area contributed by atoms with Gasteiger partial charge < -0.3 is 25.1 Å². The highest BCUT2D eigenvalue weighted by molar-refractivity contribution is 6.35. The van der Waals surface area contributed by atoms with Crippen LogP contribution in [-0.4, -0.2) is 31.0 Å². The maximum atomic E-state index is 12.7. The number of ether oxygens (including phenoxy) is 2. The number of fused-ring (bicyclic) bond motifs is 2. The van der Waals surface area contributed by atoms with Crippen molar-refractivity contribution in [2.45, 2.75) is 6.42 Å². The number of carbonyl (C=O) groups is 2. The standard InChI is InChI=1S/C27H23N3O4/c1-33-19-6-3-16(4-7-19)11-26(31)29-18-5-9-25-22(13-18)23(27(32)30-25)12-17-15-28-24-10-8-20(34-2)14-21(17)24/h3-10,12-15,28H,11H2,1-2H3,(H,29,31)(H,30,32)/b23-12-. The third kappa shape index (κ3) is 4.11. The van der Waals surface area contributed by atoms with Crippen molar-refractivity contribution in [3.63, 3.8) is 0 Å². The smallest absolute Gasteiger partial charge is 0.256 e. The van der Waals surface area contributed by atoms with E-state index in [0.717, 1.165) is 39.1 Å². The van der Waals surface area contributed by atoms with Crippen molar-refractivity contribution >= 4 is 45.7 Å². The fraction of sp³-hybridized carbons (Fsp3) is 0.111. The summed E-state index contributed by atoms with van der Waals surface area (Å²) in [6.45, 7) is 0. The van der Waals surface area contributed by atoms with Gasteiger partial charge in [-0.05, 0) is 60.2 Å². The van der Waals surface area contributed by atoms with Crippen molar-refractivity contribution in [2.24, 2.45) is 0 Å². The van der Waals surface area contributed by atoms with E-state index in [2.05, 4.69) is 15.6 Å². The number of aromatic nitrogens is 1. The Labute approximate surface area is 196 Å². The topological polar surface area (TPSA) is 92.4 Å². The average molecular weight is 453 g/mol. The molecular weight excluding hydrogens is 430 g/mol. The van der Waals surface area contributed by atoms with E-state index in [1.807, 2.05) is 60.8 Å². The second kappa shape index (κ2) is 8.78. The fourth-order valence-electron chi connectivity index (χ4n) is 4.07. The minimum atomic E-state index is -0.186. The van der Waals surface area contributed by atoms with Crippen LogP contribution in [0.4, 0.5) is 11.4 Å². The number of methoxy groups -OCH3 is 2. The molecule has 0 fully saturated rings. The number of aromatic amines is 1. The van der Waals surface area contributed by atoms with E-state index >= 15 is 0 Å². The van der Waals surface area contributed by atoms with Crippen LogP contribution in [0.2, 0.25) is 0 Å². The van der Waals surface area contributed by atoms with Gasteiger partial charge in [0.15, 0.2) is 0 Å². The van der Waals surface area contributed by atoms with Crippen LogP contribution in [0.5, 0.6) is 11.5 Å². The summed E-state index contributed by atoms with van der Waals surface area (Å²) in [5, 5.41) is 6.78. The van der Waals surface area contributed by atoms with E-state index in [1.54, 1.807) is 26.4 Å². The summed E-state index contributed by atoms with van der Waals surface area (Å²) in [4.78, 5) is 28.5. The first kappa shape index (κ1) is 21.3. The lowest BCUT2D eigenvalue weighted by Crippen LogP contribution is -2.14. The minimum Gasteiger partial charge on any atom is -0.497 e. The van der Waals surface area contributed by atoms with Gasteiger partial charge in [0.25, 0.3) is 5.91 Å². The number of anilines is 2. The number of nitrogens with one attached hydrogen (secondary N) is 3. The molecule has 7 nitrogen and oxygen atoms in total. The fourth-order valence-corrected chi connectivity index (χ4v) is 4.07. The van der Waals surface area contributed by atoms with Gasteiger partial charge in [0.1, 0.15) is 11.5 Å². The predicted octanol–water partition coefficient (Wildman–Crippen LogP) is 4.86. The summed E-state index contributed by atoms with van der Waals surface area (Å²) < 4.78 is 10.5. The second-order valence-corrected chi connectivity index (χ2v) is 8.00. The zero-order valence-electron chi connectivity index (χ0n) is 18.8. The predicted molar refractivity (Wildman–Crippen MR) is 133 cm³/mol. The summed E-state index contributed by atoms with van der Waals surface area (Å²) in [5.74, 6) is 1.16. The van der Waals surface area contributed by atoms with Crippen molar-refractivity contribution in [3.05, 3.63) is 83.6 Å². The quantitative estimate of drug-likeness (QED) is 0.364. The van der Waals surface area contributed by atoms with Crippen LogP contribution < -0.4 is 20.1 Å². The summed E-state index contributed by atoms with van der Waals surface area (Å²) >= 11 is 0. The molecule has 0 bridgehead atoms.